The zero-order chi connectivity index (χ0) is 22.9. The summed E-state index contributed by atoms with van der Waals surface area (Å²) in [5.74, 6) is 2.38. The molecule has 3 aromatic rings. The minimum Gasteiger partial charge on any atom is -0.355 e. The summed E-state index contributed by atoms with van der Waals surface area (Å²) < 4.78 is 0. The highest BCUT2D eigenvalue weighted by Crippen LogP contribution is 2.31. The van der Waals surface area contributed by atoms with E-state index in [1.165, 1.54) is 12.0 Å². The average molecular weight is 445 g/mol. The summed E-state index contributed by atoms with van der Waals surface area (Å²) in [4.78, 5) is 33.2. The largest absolute Gasteiger partial charge is 0.355 e. The Hall–Kier alpha value is -3.06. The van der Waals surface area contributed by atoms with Gasteiger partial charge in [-0.2, -0.15) is 0 Å². The maximum atomic E-state index is 12.1. The summed E-state index contributed by atoms with van der Waals surface area (Å²) in [6.07, 6.45) is 4.92. The van der Waals surface area contributed by atoms with E-state index in [0.717, 1.165) is 72.8 Å². The van der Waals surface area contributed by atoms with Gasteiger partial charge in [0.15, 0.2) is 0 Å². The Kier molecular flexibility index (Phi) is 5.98. The fourth-order valence-corrected chi connectivity index (χ4v) is 5.13. The van der Waals surface area contributed by atoms with Crippen LogP contribution in [0.25, 0.3) is 10.9 Å². The summed E-state index contributed by atoms with van der Waals surface area (Å²) in [6, 6.07) is 10.5. The lowest BCUT2D eigenvalue weighted by Crippen LogP contribution is -2.37. The highest BCUT2D eigenvalue weighted by atomic mass is 16.2. The Bertz CT molecular complexity index is 1180. The van der Waals surface area contributed by atoms with E-state index in [4.69, 9.17) is 9.97 Å². The fraction of sp³-hybridized carbons (Fsp3) is 0.462. The van der Waals surface area contributed by atoms with Gasteiger partial charge < -0.3 is 14.7 Å². The molecule has 0 spiro atoms. The molecule has 0 aliphatic carbocycles. The molecule has 7 heteroatoms. The monoisotopic (exact) mass is 444 g/mol. The van der Waals surface area contributed by atoms with Gasteiger partial charge in [-0.05, 0) is 50.2 Å². The van der Waals surface area contributed by atoms with Gasteiger partial charge in [-0.25, -0.2) is 9.97 Å². The second-order valence-electron chi connectivity index (χ2n) is 9.51. The normalized spacial score (nSPS) is 18.9. The zero-order valence-corrected chi connectivity index (χ0v) is 19.8. The average Bonchev–Trinajstić information content (AvgIpc) is 2.82. The number of hydrogen-bond donors (Lipinski definition) is 0. The molecule has 1 unspecified atom stereocenters. The summed E-state index contributed by atoms with van der Waals surface area (Å²) >= 11 is 0. The minimum absolute atomic E-state index is 0.106. The molecule has 7 nitrogen and oxygen atoms in total. The van der Waals surface area contributed by atoms with Gasteiger partial charge in [0.05, 0.1) is 17.8 Å². The summed E-state index contributed by atoms with van der Waals surface area (Å²) in [5, 5.41) is 1.14. The van der Waals surface area contributed by atoms with Crippen LogP contribution in [0, 0.1) is 0 Å². The standard InChI is InChI=1S/C26H32N6O/c1-18(33)32-13-10-24-22(17-32)26(29-25(28-24)21-7-5-12-30(2)16-21)31(3)15-19-8-9-23-20(14-19)6-4-11-27-23/h4,6,8-9,11,14,21H,5,7,10,12-13,15-17H2,1-3H3. The third kappa shape index (κ3) is 4.55. The van der Waals surface area contributed by atoms with Crippen molar-refractivity contribution >= 4 is 22.6 Å². The second kappa shape index (κ2) is 9.06. The number of likely N-dealkylation sites (tertiary alicyclic amines) is 1. The third-order valence-corrected chi connectivity index (χ3v) is 6.94. The molecule has 1 fully saturated rings. The van der Waals surface area contributed by atoms with Crippen molar-refractivity contribution in [1.29, 1.82) is 0 Å². The number of fused-ring (bicyclic) bond motifs is 2. The van der Waals surface area contributed by atoms with Crippen molar-refractivity contribution in [1.82, 2.24) is 24.8 Å². The predicted molar refractivity (Wildman–Crippen MR) is 130 cm³/mol. The van der Waals surface area contributed by atoms with E-state index in [2.05, 4.69) is 53.1 Å². The molecule has 1 saturated heterocycles. The van der Waals surface area contributed by atoms with E-state index in [9.17, 15) is 4.79 Å². The Morgan fingerprint density at radius 1 is 1.21 bits per heavy atom. The molecular formula is C26H32N6O. The number of amides is 1. The number of anilines is 1. The number of rotatable bonds is 4. The lowest BCUT2D eigenvalue weighted by atomic mass is 9.96. The lowest BCUT2D eigenvalue weighted by Gasteiger charge is -2.33. The summed E-state index contributed by atoms with van der Waals surface area (Å²) in [6.45, 7) is 5.82. The van der Waals surface area contributed by atoms with Crippen LogP contribution < -0.4 is 4.90 Å². The molecule has 0 bridgehead atoms. The van der Waals surface area contributed by atoms with E-state index in [-0.39, 0.29) is 5.91 Å². The maximum absolute atomic E-state index is 12.1. The molecule has 2 aliphatic rings. The Morgan fingerprint density at radius 3 is 2.91 bits per heavy atom. The van der Waals surface area contributed by atoms with E-state index >= 15 is 0 Å². The molecule has 1 amide bonds. The molecule has 4 heterocycles. The molecule has 5 rings (SSSR count). The first-order valence-corrected chi connectivity index (χ1v) is 11.9. The van der Waals surface area contributed by atoms with Crippen molar-refractivity contribution in [2.45, 2.75) is 45.2 Å². The van der Waals surface area contributed by atoms with Gasteiger partial charge in [0, 0.05) is 63.1 Å². The first kappa shape index (κ1) is 21.8. The minimum atomic E-state index is 0.106. The van der Waals surface area contributed by atoms with Gasteiger partial charge in [-0.15, -0.1) is 0 Å². The number of benzene rings is 1. The molecule has 1 aromatic carbocycles. The molecule has 33 heavy (non-hydrogen) atoms. The van der Waals surface area contributed by atoms with Gasteiger partial charge in [0.2, 0.25) is 5.91 Å². The Balaban J connectivity index is 1.50. The van der Waals surface area contributed by atoms with Gasteiger partial charge in [0.1, 0.15) is 11.6 Å². The van der Waals surface area contributed by atoms with Crippen molar-refractivity contribution in [3.8, 4) is 0 Å². The first-order chi connectivity index (χ1) is 16.0. The zero-order valence-electron chi connectivity index (χ0n) is 19.8. The molecule has 172 valence electrons. The third-order valence-electron chi connectivity index (χ3n) is 6.94. The quantitative estimate of drug-likeness (QED) is 0.615. The van der Waals surface area contributed by atoms with Gasteiger partial charge in [-0.3, -0.25) is 9.78 Å². The highest BCUT2D eigenvalue weighted by Gasteiger charge is 2.29. The molecule has 2 aliphatic heterocycles. The summed E-state index contributed by atoms with van der Waals surface area (Å²) in [7, 11) is 4.27. The van der Waals surface area contributed by atoms with E-state index in [1.807, 2.05) is 17.2 Å². The molecule has 1 atom stereocenters. The Labute approximate surface area is 195 Å². The van der Waals surface area contributed by atoms with Crippen molar-refractivity contribution in [3.05, 3.63) is 59.2 Å². The van der Waals surface area contributed by atoms with Crippen LogP contribution in [0.3, 0.4) is 0 Å². The number of hydrogen-bond acceptors (Lipinski definition) is 6. The van der Waals surface area contributed by atoms with Crippen molar-refractivity contribution in [2.24, 2.45) is 0 Å². The molecule has 0 radical (unpaired) electrons. The van der Waals surface area contributed by atoms with Crippen molar-refractivity contribution in [3.63, 3.8) is 0 Å². The van der Waals surface area contributed by atoms with E-state index < -0.39 is 0 Å². The SMILES string of the molecule is CC(=O)N1CCc2nc(C3CCCN(C)C3)nc(N(C)Cc3ccc4ncccc4c3)c2C1. The van der Waals surface area contributed by atoms with Crippen molar-refractivity contribution in [2.75, 3.05) is 38.6 Å². The first-order valence-electron chi connectivity index (χ1n) is 11.9. The molecule has 0 saturated carbocycles. The van der Waals surface area contributed by atoms with Gasteiger partial charge >= 0.3 is 0 Å². The number of nitrogens with zero attached hydrogens (tertiary/aromatic N) is 6. The van der Waals surface area contributed by atoms with E-state index in [0.29, 0.717) is 12.5 Å². The van der Waals surface area contributed by atoms with Gasteiger partial charge in [-0.1, -0.05) is 12.1 Å². The lowest BCUT2D eigenvalue weighted by molar-refractivity contribution is -0.129. The van der Waals surface area contributed by atoms with Gasteiger partial charge in [0.25, 0.3) is 0 Å². The second-order valence-corrected chi connectivity index (χ2v) is 9.51. The van der Waals surface area contributed by atoms with Crippen molar-refractivity contribution < 1.29 is 4.79 Å². The van der Waals surface area contributed by atoms with Crippen LogP contribution >= 0.6 is 0 Å². The van der Waals surface area contributed by atoms with Crippen LogP contribution in [-0.2, 0) is 24.3 Å². The highest BCUT2D eigenvalue weighted by molar-refractivity contribution is 5.79. The Morgan fingerprint density at radius 2 is 2.09 bits per heavy atom. The van der Waals surface area contributed by atoms with Crippen LogP contribution in [0.1, 0.15) is 48.3 Å². The smallest absolute Gasteiger partial charge is 0.219 e. The predicted octanol–water partition coefficient (Wildman–Crippen LogP) is 3.38. The molecule has 2 aromatic heterocycles. The molecular weight excluding hydrogens is 412 g/mol. The van der Waals surface area contributed by atoms with Crippen LogP contribution in [0.5, 0.6) is 0 Å². The topological polar surface area (TPSA) is 65.5 Å². The fourth-order valence-electron chi connectivity index (χ4n) is 5.13. The van der Waals surface area contributed by atoms with Crippen LogP contribution in [0.2, 0.25) is 0 Å². The number of pyridine rings is 1. The van der Waals surface area contributed by atoms with Crippen LogP contribution in [0.4, 0.5) is 5.82 Å². The molecule has 0 N–H and O–H groups in total. The number of aromatic nitrogens is 3. The van der Waals surface area contributed by atoms with Crippen LogP contribution in [0.15, 0.2) is 36.5 Å². The van der Waals surface area contributed by atoms with E-state index in [1.54, 1.807) is 6.92 Å². The number of carbonyl (C=O) groups excluding carboxylic acids is 1. The number of likely N-dealkylation sites (N-methyl/N-ethyl adjacent to an activating group) is 1. The number of piperidine rings is 1. The maximum Gasteiger partial charge on any atom is 0.219 e. The number of carbonyl (C=O) groups is 1. The van der Waals surface area contributed by atoms with Crippen LogP contribution in [-0.4, -0.2) is 64.4 Å². The summed E-state index contributed by atoms with van der Waals surface area (Å²) in [5.41, 5.74) is 4.41.